The van der Waals surface area contributed by atoms with E-state index in [4.69, 9.17) is 0 Å². The van der Waals surface area contributed by atoms with Crippen molar-refractivity contribution in [3.63, 3.8) is 0 Å². The van der Waals surface area contributed by atoms with Crippen LogP contribution in [0.4, 0.5) is 10.2 Å². The Labute approximate surface area is 159 Å². The van der Waals surface area contributed by atoms with Gasteiger partial charge in [0, 0.05) is 32.4 Å². The molecule has 0 radical (unpaired) electrons. The van der Waals surface area contributed by atoms with E-state index in [2.05, 4.69) is 19.9 Å². The van der Waals surface area contributed by atoms with E-state index in [1.54, 1.807) is 6.33 Å². The molecule has 1 saturated carbocycles. The third-order valence-corrected chi connectivity index (χ3v) is 7.98. The SMILES string of the molecule is CN(c1ncnc2[nH]ccc12)C1CCC(CS(=O)(=O)N2CC[C@@H](F)C2)CC1. The fraction of sp³-hybridized carbons (Fsp3) is 0.667. The van der Waals surface area contributed by atoms with Gasteiger partial charge in [-0.1, -0.05) is 0 Å². The summed E-state index contributed by atoms with van der Waals surface area (Å²) in [6.45, 7) is 0.350. The molecular formula is C18H26FN5O2S. The smallest absolute Gasteiger partial charge is 0.214 e. The van der Waals surface area contributed by atoms with Gasteiger partial charge in [-0.2, -0.15) is 4.31 Å². The van der Waals surface area contributed by atoms with Crippen LogP contribution >= 0.6 is 0 Å². The first kappa shape index (κ1) is 18.6. The lowest BCUT2D eigenvalue weighted by atomic mass is 9.86. The summed E-state index contributed by atoms with van der Waals surface area (Å²) < 4.78 is 39.7. The third kappa shape index (κ3) is 3.80. The van der Waals surface area contributed by atoms with Crippen molar-refractivity contribution in [1.82, 2.24) is 19.3 Å². The van der Waals surface area contributed by atoms with Crippen molar-refractivity contribution < 1.29 is 12.8 Å². The highest BCUT2D eigenvalue weighted by Gasteiger charge is 2.34. The zero-order chi connectivity index (χ0) is 19.0. The molecule has 27 heavy (non-hydrogen) atoms. The highest BCUT2D eigenvalue weighted by Crippen LogP contribution is 2.32. The van der Waals surface area contributed by atoms with Crippen molar-refractivity contribution in [2.24, 2.45) is 5.92 Å². The normalized spacial score (nSPS) is 27.3. The molecule has 2 aliphatic rings. The van der Waals surface area contributed by atoms with Crippen molar-refractivity contribution in [2.75, 3.05) is 30.8 Å². The van der Waals surface area contributed by atoms with Crippen LogP contribution in [0.2, 0.25) is 0 Å². The molecule has 7 nitrogen and oxygen atoms in total. The van der Waals surface area contributed by atoms with Crippen molar-refractivity contribution in [3.05, 3.63) is 18.6 Å². The summed E-state index contributed by atoms with van der Waals surface area (Å²) in [4.78, 5) is 14.0. The second kappa shape index (κ2) is 7.35. The minimum absolute atomic E-state index is 0.0286. The topological polar surface area (TPSA) is 82.2 Å². The van der Waals surface area contributed by atoms with E-state index >= 15 is 0 Å². The number of nitrogens with zero attached hydrogens (tertiary/aromatic N) is 4. The lowest BCUT2D eigenvalue weighted by molar-refractivity contribution is 0.328. The number of nitrogens with one attached hydrogen (secondary N) is 1. The number of sulfonamides is 1. The van der Waals surface area contributed by atoms with E-state index in [-0.39, 0.29) is 18.2 Å². The highest BCUT2D eigenvalue weighted by molar-refractivity contribution is 7.89. The van der Waals surface area contributed by atoms with Gasteiger partial charge in [0.1, 0.15) is 24.0 Å². The molecule has 0 unspecified atom stereocenters. The first-order valence-corrected chi connectivity index (χ1v) is 11.2. The van der Waals surface area contributed by atoms with Crippen molar-refractivity contribution in [1.29, 1.82) is 0 Å². The Kier molecular flexibility index (Phi) is 5.07. The summed E-state index contributed by atoms with van der Waals surface area (Å²) in [5.74, 6) is 1.20. The monoisotopic (exact) mass is 395 g/mol. The lowest BCUT2D eigenvalue weighted by Crippen LogP contribution is -2.39. The molecule has 1 aliphatic heterocycles. The van der Waals surface area contributed by atoms with Crippen molar-refractivity contribution >= 4 is 26.9 Å². The fourth-order valence-electron chi connectivity index (χ4n) is 4.36. The second-order valence-electron chi connectivity index (χ2n) is 7.75. The molecule has 2 fully saturated rings. The number of fused-ring (bicyclic) bond motifs is 1. The van der Waals surface area contributed by atoms with Crippen LogP contribution in [-0.2, 0) is 10.0 Å². The summed E-state index contributed by atoms with van der Waals surface area (Å²) >= 11 is 0. The summed E-state index contributed by atoms with van der Waals surface area (Å²) in [6.07, 6.45) is 6.32. The average molecular weight is 396 g/mol. The quantitative estimate of drug-likeness (QED) is 0.840. The molecule has 1 N–H and O–H groups in total. The van der Waals surface area contributed by atoms with Crippen LogP contribution in [-0.4, -0.2) is 65.8 Å². The molecule has 2 aromatic rings. The number of H-pyrrole nitrogens is 1. The highest BCUT2D eigenvalue weighted by atomic mass is 32.2. The van der Waals surface area contributed by atoms with Crippen LogP contribution < -0.4 is 4.90 Å². The van der Waals surface area contributed by atoms with Gasteiger partial charge < -0.3 is 9.88 Å². The van der Waals surface area contributed by atoms with Crippen LogP contribution in [0.1, 0.15) is 32.1 Å². The van der Waals surface area contributed by atoms with Gasteiger partial charge in [-0.05, 0) is 44.1 Å². The third-order valence-electron chi connectivity index (χ3n) is 5.96. The van der Waals surface area contributed by atoms with Crippen LogP contribution in [0.25, 0.3) is 11.0 Å². The average Bonchev–Trinajstić information content (AvgIpc) is 3.30. The van der Waals surface area contributed by atoms with E-state index in [1.807, 2.05) is 19.3 Å². The van der Waals surface area contributed by atoms with E-state index < -0.39 is 16.2 Å². The number of alkyl halides is 1. The van der Waals surface area contributed by atoms with Gasteiger partial charge in [-0.15, -0.1) is 0 Å². The summed E-state index contributed by atoms with van der Waals surface area (Å²) in [7, 11) is -1.30. The predicted molar refractivity (Wildman–Crippen MR) is 103 cm³/mol. The van der Waals surface area contributed by atoms with Crippen LogP contribution in [0.3, 0.4) is 0 Å². The largest absolute Gasteiger partial charge is 0.356 e. The molecular weight excluding hydrogens is 369 g/mol. The summed E-state index contributed by atoms with van der Waals surface area (Å²) in [5.41, 5.74) is 0.823. The molecule has 0 spiro atoms. The maximum Gasteiger partial charge on any atom is 0.214 e. The number of anilines is 1. The fourth-order valence-corrected chi connectivity index (χ4v) is 6.27. The van der Waals surface area contributed by atoms with Crippen LogP contribution in [0.15, 0.2) is 18.6 Å². The Morgan fingerprint density at radius 3 is 2.74 bits per heavy atom. The molecule has 9 heteroatoms. The molecule has 4 rings (SSSR count). The number of aromatic nitrogens is 3. The summed E-state index contributed by atoms with van der Waals surface area (Å²) in [5, 5.41) is 1.000. The zero-order valence-corrected chi connectivity index (χ0v) is 16.3. The molecule has 3 heterocycles. The van der Waals surface area contributed by atoms with Gasteiger partial charge in [0.2, 0.25) is 10.0 Å². The Balaban J connectivity index is 1.37. The zero-order valence-electron chi connectivity index (χ0n) is 15.5. The van der Waals surface area contributed by atoms with Gasteiger partial charge in [-0.3, -0.25) is 0 Å². The molecule has 0 aromatic carbocycles. The Morgan fingerprint density at radius 2 is 2.04 bits per heavy atom. The van der Waals surface area contributed by atoms with E-state index in [9.17, 15) is 12.8 Å². The maximum atomic E-state index is 13.3. The Hall–Kier alpha value is -1.74. The van der Waals surface area contributed by atoms with Crippen molar-refractivity contribution in [2.45, 2.75) is 44.3 Å². The molecule has 0 amide bonds. The predicted octanol–water partition coefficient (Wildman–Crippen LogP) is 2.33. The van der Waals surface area contributed by atoms with Crippen LogP contribution in [0.5, 0.6) is 0 Å². The number of hydrogen-bond donors (Lipinski definition) is 1. The Morgan fingerprint density at radius 1 is 1.26 bits per heavy atom. The molecule has 148 valence electrons. The van der Waals surface area contributed by atoms with E-state index in [1.165, 1.54) is 4.31 Å². The molecule has 1 saturated heterocycles. The van der Waals surface area contributed by atoms with Gasteiger partial charge >= 0.3 is 0 Å². The minimum atomic E-state index is -3.35. The summed E-state index contributed by atoms with van der Waals surface area (Å²) in [6, 6.07) is 2.31. The standard InChI is InChI=1S/C18H26FN5O2S/c1-23(18-16-6-8-20-17(16)21-12-22-18)15-4-2-13(3-5-15)11-27(25,26)24-9-7-14(19)10-24/h6,8,12-15H,2-5,7,9-11H2,1H3,(H,20,21,22)/t13?,14-,15?/m1/s1. The van der Waals surface area contributed by atoms with E-state index in [0.717, 1.165) is 42.5 Å². The minimum Gasteiger partial charge on any atom is -0.356 e. The first-order chi connectivity index (χ1) is 12.9. The van der Waals surface area contributed by atoms with E-state index in [0.29, 0.717) is 19.0 Å². The van der Waals surface area contributed by atoms with Gasteiger partial charge in [0.15, 0.2) is 0 Å². The maximum absolute atomic E-state index is 13.3. The lowest BCUT2D eigenvalue weighted by Gasteiger charge is -2.35. The number of aromatic amines is 1. The number of halogens is 1. The second-order valence-corrected chi connectivity index (χ2v) is 9.76. The number of hydrogen-bond acceptors (Lipinski definition) is 5. The molecule has 2 aromatic heterocycles. The number of rotatable bonds is 5. The van der Waals surface area contributed by atoms with Gasteiger partial charge in [0.05, 0.1) is 11.1 Å². The molecule has 0 bridgehead atoms. The van der Waals surface area contributed by atoms with Crippen molar-refractivity contribution in [3.8, 4) is 0 Å². The van der Waals surface area contributed by atoms with Crippen LogP contribution in [0, 0.1) is 5.92 Å². The van der Waals surface area contributed by atoms with Gasteiger partial charge in [0.25, 0.3) is 0 Å². The van der Waals surface area contributed by atoms with Gasteiger partial charge in [-0.25, -0.2) is 22.8 Å². The first-order valence-electron chi connectivity index (χ1n) is 9.57. The molecule has 1 aliphatic carbocycles. The Bertz CT molecular complexity index is 894. The molecule has 1 atom stereocenters.